The lowest BCUT2D eigenvalue weighted by molar-refractivity contribution is -0.384. The van der Waals surface area contributed by atoms with Crippen LogP contribution in [0.15, 0.2) is 137 Å². The molecule has 0 saturated heterocycles. The van der Waals surface area contributed by atoms with Crippen molar-refractivity contribution in [3.8, 4) is 0 Å². The molecule has 0 aliphatic carbocycles. The molecule has 0 fully saturated rings. The molecule has 0 heterocycles. The maximum atomic E-state index is 13.3. The van der Waals surface area contributed by atoms with Crippen molar-refractivity contribution in [1.82, 2.24) is 0 Å². The maximum absolute atomic E-state index is 13.3. The highest BCUT2D eigenvalue weighted by atomic mass is 32.2. The number of non-ortho nitro benzene ring substituents is 1. The molecule has 0 radical (unpaired) electrons. The predicted octanol–water partition coefficient (Wildman–Crippen LogP) is 7.50. The van der Waals surface area contributed by atoms with Crippen molar-refractivity contribution in [2.75, 3.05) is 16.0 Å². The molecular formula is C33H24N4O5S. The Labute approximate surface area is 251 Å². The van der Waals surface area contributed by atoms with E-state index in [-0.39, 0.29) is 22.4 Å². The molecule has 5 aromatic carbocycles. The Bertz CT molecular complexity index is 1710. The van der Waals surface area contributed by atoms with Gasteiger partial charge < -0.3 is 16.0 Å². The Balaban J connectivity index is 1.34. The summed E-state index contributed by atoms with van der Waals surface area (Å²) < 4.78 is 0. The van der Waals surface area contributed by atoms with Gasteiger partial charge >= 0.3 is 0 Å². The summed E-state index contributed by atoms with van der Waals surface area (Å²) in [5.41, 5.74) is 2.09. The van der Waals surface area contributed by atoms with E-state index in [1.165, 1.54) is 42.1 Å². The van der Waals surface area contributed by atoms with E-state index in [0.29, 0.717) is 17.1 Å². The van der Waals surface area contributed by atoms with Crippen LogP contribution in [0.25, 0.3) is 0 Å². The van der Waals surface area contributed by atoms with Gasteiger partial charge in [0.15, 0.2) is 0 Å². The second-order valence-electron chi connectivity index (χ2n) is 9.27. The summed E-state index contributed by atoms with van der Waals surface area (Å²) >= 11 is 1.42. The van der Waals surface area contributed by atoms with Crippen molar-refractivity contribution in [3.05, 3.63) is 154 Å². The third-order valence-corrected chi connectivity index (χ3v) is 7.19. The highest BCUT2D eigenvalue weighted by Gasteiger charge is 2.17. The van der Waals surface area contributed by atoms with Crippen LogP contribution in [0.2, 0.25) is 0 Å². The highest BCUT2D eigenvalue weighted by Crippen LogP contribution is 2.30. The average molecular weight is 589 g/mol. The van der Waals surface area contributed by atoms with E-state index in [0.717, 1.165) is 9.79 Å². The zero-order valence-electron chi connectivity index (χ0n) is 22.5. The molecule has 3 N–H and O–H groups in total. The molecule has 0 aromatic heterocycles. The lowest BCUT2D eigenvalue weighted by Crippen LogP contribution is -2.19. The minimum Gasteiger partial charge on any atom is -0.322 e. The first-order chi connectivity index (χ1) is 20.8. The summed E-state index contributed by atoms with van der Waals surface area (Å²) in [5.74, 6) is -1.44. The van der Waals surface area contributed by atoms with Crippen molar-refractivity contribution < 1.29 is 19.3 Å². The highest BCUT2D eigenvalue weighted by molar-refractivity contribution is 7.99. The molecule has 43 heavy (non-hydrogen) atoms. The second-order valence-corrected chi connectivity index (χ2v) is 10.4. The Morgan fingerprint density at radius 3 is 1.23 bits per heavy atom. The van der Waals surface area contributed by atoms with Crippen LogP contribution in [-0.4, -0.2) is 22.6 Å². The number of benzene rings is 5. The zero-order valence-corrected chi connectivity index (χ0v) is 23.3. The van der Waals surface area contributed by atoms with E-state index < -0.39 is 22.6 Å². The Morgan fingerprint density at radius 1 is 0.512 bits per heavy atom. The van der Waals surface area contributed by atoms with E-state index in [4.69, 9.17) is 0 Å². The van der Waals surface area contributed by atoms with Crippen LogP contribution in [0.5, 0.6) is 0 Å². The molecule has 0 spiro atoms. The van der Waals surface area contributed by atoms with Crippen molar-refractivity contribution in [1.29, 1.82) is 0 Å². The van der Waals surface area contributed by atoms with Gasteiger partial charge in [-0.2, -0.15) is 0 Å². The minimum absolute atomic E-state index is 0.0183. The fourth-order valence-corrected chi connectivity index (χ4v) is 4.87. The van der Waals surface area contributed by atoms with Crippen molar-refractivity contribution >= 4 is 52.2 Å². The third kappa shape index (κ3) is 7.72. The van der Waals surface area contributed by atoms with E-state index in [2.05, 4.69) is 16.0 Å². The van der Waals surface area contributed by atoms with E-state index >= 15 is 0 Å². The van der Waals surface area contributed by atoms with Gasteiger partial charge in [0.25, 0.3) is 23.4 Å². The van der Waals surface area contributed by atoms with Crippen LogP contribution in [0, 0.1) is 10.1 Å². The number of anilines is 3. The largest absolute Gasteiger partial charge is 0.322 e. The molecule has 0 bridgehead atoms. The van der Waals surface area contributed by atoms with Crippen LogP contribution in [0.1, 0.15) is 31.1 Å². The smallest absolute Gasteiger partial charge is 0.269 e. The average Bonchev–Trinajstić information content (AvgIpc) is 3.03. The number of nitrogens with one attached hydrogen (secondary N) is 3. The van der Waals surface area contributed by atoms with Crippen LogP contribution in [0.3, 0.4) is 0 Å². The normalized spacial score (nSPS) is 10.4. The Morgan fingerprint density at radius 2 is 0.860 bits per heavy atom. The van der Waals surface area contributed by atoms with Crippen molar-refractivity contribution in [2.24, 2.45) is 0 Å². The number of amides is 3. The minimum atomic E-state index is -0.501. The molecule has 5 aromatic rings. The number of nitrogens with zero attached hydrogens (tertiary/aromatic N) is 1. The molecule has 0 atom stereocenters. The summed E-state index contributed by atoms with van der Waals surface area (Å²) in [7, 11) is 0. The molecule has 10 heteroatoms. The maximum Gasteiger partial charge on any atom is 0.269 e. The predicted molar refractivity (Wildman–Crippen MR) is 167 cm³/mol. The zero-order chi connectivity index (χ0) is 30.2. The number of para-hydroxylation sites is 2. The molecule has 0 aliphatic heterocycles. The fraction of sp³-hybridized carbons (Fsp3) is 0. The first-order valence-electron chi connectivity index (χ1n) is 13.1. The summed E-state index contributed by atoms with van der Waals surface area (Å²) in [6.45, 7) is 0. The number of nitro groups is 1. The fourth-order valence-electron chi connectivity index (χ4n) is 4.05. The molecule has 0 saturated carbocycles. The molecule has 212 valence electrons. The third-order valence-electron chi connectivity index (χ3n) is 6.18. The van der Waals surface area contributed by atoms with Gasteiger partial charge in [0.2, 0.25) is 0 Å². The summed E-state index contributed by atoms with van der Waals surface area (Å²) in [5, 5.41) is 19.3. The lowest BCUT2D eigenvalue weighted by Gasteiger charge is -2.12. The van der Waals surface area contributed by atoms with Gasteiger partial charge in [0, 0.05) is 55.7 Å². The number of hydrogen-bond acceptors (Lipinski definition) is 6. The number of hydrogen-bond donors (Lipinski definition) is 3. The van der Waals surface area contributed by atoms with Crippen LogP contribution in [0.4, 0.5) is 22.7 Å². The first kappa shape index (κ1) is 28.8. The van der Waals surface area contributed by atoms with E-state index in [9.17, 15) is 24.5 Å². The summed E-state index contributed by atoms with van der Waals surface area (Å²) in [4.78, 5) is 51.6. The first-order valence-corrected chi connectivity index (χ1v) is 13.9. The molecule has 5 rings (SSSR count). The molecule has 0 aliphatic rings. The van der Waals surface area contributed by atoms with Crippen LogP contribution >= 0.6 is 11.8 Å². The van der Waals surface area contributed by atoms with E-state index in [1.807, 2.05) is 24.3 Å². The molecule has 9 nitrogen and oxygen atoms in total. The van der Waals surface area contributed by atoms with E-state index in [1.54, 1.807) is 72.8 Å². The molecule has 0 unspecified atom stereocenters. The van der Waals surface area contributed by atoms with Gasteiger partial charge in [-0.05, 0) is 78.9 Å². The number of carbonyl (C=O) groups excluding carboxylic acids is 3. The van der Waals surface area contributed by atoms with Crippen LogP contribution in [-0.2, 0) is 0 Å². The van der Waals surface area contributed by atoms with Crippen molar-refractivity contribution in [3.63, 3.8) is 0 Å². The van der Waals surface area contributed by atoms with Crippen molar-refractivity contribution in [2.45, 2.75) is 9.79 Å². The Kier molecular flexibility index (Phi) is 8.89. The van der Waals surface area contributed by atoms with Gasteiger partial charge in [-0.1, -0.05) is 48.2 Å². The van der Waals surface area contributed by atoms with Gasteiger partial charge in [0.05, 0.1) is 4.92 Å². The SMILES string of the molecule is O=C(Nc1ccccc1)c1cc(C(=O)Nc2ccccc2)cc(C(=O)Nc2ccc(Sc3ccc([N+](=O)[O-])cc3)cc2)c1. The second kappa shape index (κ2) is 13.3. The van der Waals surface area contributed by atoms with Crippen LogP contribution < -0.4 is 16.0 Å². The molecular weight excluding hydrogens is 564 g/mol. The van der Waals surface area contributed by atoms with Gasteiger partial charge in [-0.15, -0.1) is 0 Å². The van der Waals surface area contributed by atoms with Gasteiger partial charge in [-0.25, -0.2) is 0 Å². The number of carbonyl (C=O) groups is 3. The standard InChI is InChI=1S/C33H24N4O5S/c38-31(34-25-7-3-1-4-8-25)22-19-23(32(39)35-26-9-5-2-6-10-26)21-24(20-22)33(40)36-27-11-15-29(16-12-27)43-30-17-13-28(14-18-30)37(41)42/h1-21H,(H,34,38)(H,35,39)(H,36,40). The van der Waals surface area contributed by atoms with Gasteiger partial charge in [0.1, 0.15) is 0 Å². The summed E-state index contributed by atoms with van der Waals surface area (Å²) in [6.07, 6.45) is 0. The topological polar surface area (TPSA) is 130 Å². The lowest BCUT2D eigenvalue weighted by atomic mass is 10.0. The van der Waals surface area contributed by atoms with Gasteiger partial charge in [-0.3, -0.25) is 24.5 Å². The molecule has 3 amide bonds. The quantitative estimate of drug-likeness (QED) is 0.121. The Hall–Kier alpha value is -5.74. The summed E-state index contributed by atoms with van der Waals surface area (Å²) in [6, 6.07) is 35.4. The number of nitro benzene ring substituents is 1. The number of rotatable bonds is 9. The monoisotopic (exact) mass is 588 g/mol.